The Morgan fingerprint density at radius 3 is 2.71 bits per heavy atom. The van der Waals surface area contributed by atoms with Crippen LogP contribution < -0.4 is 5.32 Å². The molecule has 1 saturated carbocycles. The third kappa shape index (κ3) is 2.83. The van der Waals surface area contributed by atoms with Crippen molar-refractivity contribution in [3.63, 3.8) is 0 Å². The van der Waals surface area contributed by atoms with Crippen molar-refractivity contribution < 1.29 is 10.2 Å². The molecule has 1 fully saturated rings. The molecular formula is C18H19N3O2S. The summed E-state index contributed by atoms with van der Waals surface area (Å²) in [5.41, 5.74) is 1.31. The molecule has 3 aromatic rings. The van der Waals surface area contributed by atoms with E-state index in [-0.39, 0.29) is 17.9 Å². The number of phenols is 1. The predicted octanol–water partition coefficient (Wildman–Crippen LogP) is 3.78. The highest BCUT2D eigenvalue weighted by Crippen LogP contribution is 2.37. The summed E-state index contributed by atoms with van der Waals surface area (Å²) in [7, 11) is 0. The highest BCUT2D eigenvalue weighted by atomic mass is 32.1. The third-order valence-corrected chi connectivity index (χ3v) is 5.49. The molecule has 2 aromatic heterocycles. The minimum absolute atomic E-state index is 0.0365. The van der Waals surface area contributed by atoms with E-state index < -0.39 is 0 Å². The minimum Gasteiger partial charge on any atom is -0.507 e. The van der Waals surface area contributed by atoms with Gasteiger partial charge in [0.1, 0.15) is 11.6 Å². The van der Waals surface area contributed by atoms with Crippen molar-refractivity contribution in [1.29, 1.82) is 0 Å². The average Bonchev–Trinajstić information content (AvgIpc) is 3.08. The van der Waals surface area contributed by atoms with Crippen molar-refractivity contribution >= 4 is 27.2 Å². The van der Waals surface area contributed by atoms with Crippen LogP contribution in [0, 0.1) is 0 Å². The molecule has 0 radical (unpaired) electrons. The number of hydrogen-bond acceptors (Lipinski definition) is 6. The van der Waals surface area contributed by atoms with Gasteiger partial charge in [-0.25, -0.2) is 0 Å². The standard InChI is InChI=1S/C18H19N3O2S/c22-15-4-2-1-3-14(15)19-17-8-6-13(20-21-17)11-5-7-16-12(18(11)23)9-10-24-16/h5-10,14-15,22-23H,1-4H2,(H,19,21)/t14-,15-/m1/s1. The largest absolute Gasteiger partial charge is 0.507 e. The number of phenolic OH excluding ortho intramolecular Hbond substituents is 1. The van der Waals surface area contributed by atoms with E-state index in [4.69, 9.17) is 0 Å². The highest BCUT2D eigenvalue weighted by Gasteiger charge is 2.23. The number of aromatic nitrogens is 2. The zero-order valence-corrected chi connectivity index (χ0v) is 14.0. The molecule has 0 aliphatic heterocycles. The summed E-state index contributed by atoms with van der Waals surface area (Å²) in [5.74, 6) is 0.896. The lowest BCUT2D eigenvalue weighted by molar-refractivity contribution is 0.116. The zero-order chi connectivity index (χ0) is 16.5. The molecule has 1 aromatic carbocycles. The second-order valence-electron chi connectivity index (χ2n) is 6.20. The van der Waals surface area contributed by atoms with Gasteiger partial charge in [-0.05, 0) is 48.6 Å². The van der Waals surface area contributed by atoms with Gasteiger partial charge in [-0.2, -0.15) is 0 Å². The van der Waals surface area contributed by atoms with Crippen LogP contribution in [0.4, 0.5) is 5.82 Å². The molecule has 3 N–H and O–H groups in total. The van der Waals surface area contributed by atoms with Crippen molar-refractivity contribution in [2.45, 2.75) is 37.8 Å². The second-order valence-corrected chi connectivity index (χ2v) is 7.15. The molecule has 2 heterocycles. The lowest BCUT2D eigenvalue weighted by Crippen LogP contribution is -2.36. The van der Waals surface area contributed by atoms with Gasteiger partial charge in [-0.15, -0.1) is 21.5 Å². The maximum atomic E-state index is 10.4. The van der Waals surface area contributed by atoms with Gasteiger partial charge in [0.25, 0.3) is 0 Å². The molecule has 0 saturated heterocycles. The molecule has 5 nitrogen and oxygen atoms in total. The molecule has 2 atom stereocenters. The Kier molecular flexibility index (Phi) is 4.08. The summed E-state index contributed by atoms with van der Waals surface area (Å²) in [5, 5.41) is 35.0. The van der Waals surface area contributed by atoms with Crippen molar-refractivity contribution in [3.8, 4) is 17.0 Å². The first-order valence-electron chi connectivity index (χ1n) is 8.20. The molecule has 0 unspecified atom stereocenters. The van der Waals surface area contributed by atoms with Crippen LogP contribution in [0.1, 0.15) is 25.7 Å². The van der Waals surface area contributed by atoms with Gasteiger partial charge in [0, 0.05) is 15.6 Å². The van der Waals surface area contributed by atoms with E-state index in [0.717, 1.165) is 35.8 Å². The fourth-order valence-electron chi connectivity index (χ4n) is 3.26. The van der Waals surface area contributed by atoms with E-state index in [1.165, 1.54) is 0 Å². The van der Waals surface area contributed by atoms with Gasteiger partial charge in [-0.1, -0.05) is 12.8 Å². The molecule has 0 bridgehead atoms. The average molecular weight is 341 g/mol. The van der Waals surface area contributed by atoms with E-state index in [1.807, 2.05) is 35.7 Å². The number of benzene rings is 1. The smallest absolute Gasteiger partial charge is 0.148 e. The number of aromatic hydroxyl groups is 1. The number of aliphatic hydroxyl groups is 1. The molecule has 0 amide bonds. The van der Waals surface area contributed by atoms with Crippen molar-refractivity contribution in [2.75, 3.05) is 5.32 Å². The van der Waals surface area contributed by atoms with E-state index in [9.17, 15) is 10.2 Å². The lowest BCUT2D eigenvalue weighted by atomic mass is 9.92. The van der Waals surface area contributed by atoms with E-state index in [0.29, 0.717) is 17.1 Å². The van der Waals surface area contributed by atoms with Crippen LogP contribution in [0.3, 0.4) is 0 Å². The number of anilines is 1. The Morgan fingerprint density at radius 2 is 1.92 bits per heavy atom. The van der Waals surface area contributed by atoms with Crippen LogP contribution in [-0.2, 0) is 0 Å². The van der Waals surface area contributed by atoms with Gasteiger partial charge in [0.15, 0.2) is 0 Å². The lowest BCUT2D eigenvalue weighted by Gasteiger charge is -2.28. The van der Waals surface area contributed by atoms with E-state index in [1.54, 1.807) is 11.3 Å². The first kappa shape index (κ1) is 15.4. The maximum absolute atomic E-state index is 10.4. The first-order valence-corrected chi connectivity index (χ1v) is 9.08. The fourth-order valence-corrected chi connectivity index (χ4v) is 4.05. The zero-order valence-electron chi connectivity index (χ0n) is 13.1. The van der Waals surface area contributed by atoms with Crippen molar-refractivity contribution in [3.05, 3.63) is 35.7 Å². The molecule has 6 heteroatoms. The van der Waals surface area contributed by atoms with Gasteiger partial charge in [0.2, 0.25) is 0 Å². The van der Waals surface area contributed by atoms with Crippen LogP contribution in [0.15, 0.2) is 35.7 Å². The Balaban J connectivity index is 1.57. The van der Waals surface area contributed by atoms with Crippen LogP contribution in [0.5, 0.6) is 5.75 Å². The molecule has 24 heavy (non-hydrogen) atoms. The normalized spacial score (nSPS) is 21.0. The van der Waals surface area contributed by atoms with Crippen molar-refractivity contribution in [1.82, 2.24) is 10.2 Å². The topological polar surface area (TPSA) is 78.3 Å². The Hall–Kier alpha value is -2.18. The van der Waals surface area contributed by atoms with Crippen molar-refractivity contribution in [2.24, 2.45) is 0 Å². The van der Waals surface area contributed by atoms with Crippen LogP contribution in [0.2, 0.25) is 0 Å². The number of thiophene rings is 1. The molecule has 4 rings (SSSR count). The number of hydrogen-bond donors (Lipinski definition) is 3. The summed E-state index contributed by atoms with van der Waals surface area (Å²) in [6.07, 6.45) is 3.64. The van der Waals surface area contributed by atoms with Crippen LogP contribution >= 0.6 is 11.3 Å². The number of aliphatic hydroxyl groups excluding tert-OH is 1. The summed E-state index contributed by atoms with van der Waals surface area (Å²) in [4.78, 5) is 0. The molecule has 124 valence electrons. The van der Waals surface area contributed by atoms with E-state index in [2.05, 4.69) is 15.5 Å². The fraction of sp³-hybridized carbons (Fsp3) is 0.333. The Labute approximate surface area is 144 Å². The predicted molar refractivity (Wildman–Crippen MR) is 96.4 cm³/mol. The van der Waals surface area contributed by atoms with Gasteiger partial charge in [-0.3, -0.25) is 0 Å². The number of rotatable bonds is 3. The monoisotopic (exact) mass is 341 g/mol. The summed E-state index contributed by atoms with van der Waals surface area (Å²) < 4.78 is 1.05. The van der Waals surface area contributed by atoms with Gasteiger partial charge in [0.05, 0.1) is 17.8 Å². The quantitative estimate of drug-likeness (QED) is 0.676. The Bertz CT molecular complexity index is 847. The van der Waals surface area contributed by atoms with E-state index >= 15 is 0 Å². The van der Waals surface area contributed by atoms with Crippen LogP contribution in [0.25, 0.3) is 21.3 Å². The maximum Gasteiger partial charge on any atom is 0.148 e. The van der Waals surface area contributed by atoms with Gasteiger partial charge < -0.3 is 15.5 Å². The van der Waals surface area contributed by atoms with Crippen LogP contribution in [-0.4, -0.2) is 32.6 Å². The third-order valence-electron chi connectivity index (χ3n) is 4.61. The highest BCUT2D eigenvalue weighted by molar-refractivity contribution is 7.17. The molecular weight excluding hydrogens is 322 g/mol. The molecule has 1 aliphatic rings. The molecule has 0 spiro atoms. The number of fused-ring (bicyclic) bond motifs is 1. The SMILES string of the molecule is Oc1c(-c2ccc(N[C@@H]3CCCC[C@H]3O)nn2)ccc2sccc12. The first-order chi connectivity index (χ1) is 11.7. The summed E-state index contributed by atoms with van der Waals surface area (Å²) >= 11 is 1.60. The second kappa shape index (κ2) is 6.37. The minimum atomic E-state index is -0.328. The Morgan fingerprint density at radius 1 is 1.04 bits per heavy atom. The summed E-state index contributed by atoms with van der Waals surface area (Å²) in [6, 6.07) is 9.50. The molecule has 1 aliphatic carbocycles. The van der Waals surface area contributed by atoms with Gasteiger partial charge >= 0.3 is 0 Å². The summed E-state index contributed by atoms with van der Waals surface area (Å²) in [6.45, 7) is 0. The number of nitrogens with one attached hydrogen (secondary N) is 1. The number of nitrogens with zero attached hydrogens (tertiary/aromatic N) is 2.